The highest BCUT2D eigenvalue weighted by atomic mass is 35.7. The van der Waals surface area contributed by atoms with Crippen LogP contribution in [0.4, 0.5) is 13.2 Å². The zero-order chi connectivity index (χ0) is 17.0. The molecule has 0 amide bonds. The maximum Gasteiger partial charge on any atom is 0.416 e. The number of allylic oxidation sites excluding steroid dienone is 1. The van der Waals surface area contributed by atoms with Crippen LogP contribution in [0.5, 0.6) is 0 Å². The van der Waals surface area contributed by atoms with Gasteiger partial charge < -0.3 is 0 Å². The maximum absolute atomic E-state index is 12.4. The first-order chi connectivity index (χ1) is 9.99. The van der Waals surface area contributed by atoms with Crippen molar-refractivity contribution in [2.45, 2.75) is 6.18 Å². The van der Waals surface area contributed by atoms with Crippen LogP contribution in [0.1, 0.15) is 11.1 Å². The predicted octanol–water partition coefficient (Wildman–Crippen LogP) is -0.130. The third-order valence-corrected chi connectivity index (χ3v) is 3.06. The third kappa shape index (κ3) is 6.73. The molecular formula is C12H11Cl2F3NO4+. The van der Waals surface area contributed by atoms with Gasteiger partial charge in [0.25, 0.3) is 0 Å². The van der Waals surface area contributed by atoms with Gasteiger partial charge in [0, 0.05) is 6.08 Å². The largest absolute Gasteiger partial charge is 0.416 e. The SMILES string of the molecule is C[N+](=CC=C(Cl)c1ccc(C(F)(F)F)cc1)CO[Cl+3]([O-])([O-])[O-]. The van der Waals surface area contributed by atoms with Crippen LogP contribution in [0.15, 0.2) is 30.3 Å². The molecule has 10 heteroatoms. The number of rotatable bonds is 5. The van der Waals surface area contributed by atoms with Gasteiger partial charge in [0.2, 0.25) is 0 Å². The van der Waals surface area contributed by atoms with Gasteiger partial charge in [-0.2, -0.15) is 27.1 Å². The lowest BCUT2D eigenvalue weighted by atomic mass is 10.1. The highest BCUT2D eigenvalue weighted by molar-refractivity contribution is 6.49. The van der Waals surface area contributed by atoms with Crippen molar-refractivity contribution in [3.8, 4) is 0 Å². The molecule has 0 bridgehead atoms. The summed E-state index contributed by atoms with van der Waals surface area (Å²) in [6.07, 6.45) is -1.80. The first-order valence-electron chi connectivity index (χ1n) is 5.63. The number of nitrogens with zero attached hydrogens (tertiary/aromatic N) is 1. The Morgan fingerprint density at radius 1 is 1.27 bits per heavy atom. The van der Waals surface area contributed by atoms with E-state index >= 15 is 0 Å². The summed E-state index contributed by atoms with van der Waals surface area (Å²) >= 11 is 5.91. The number of hydrogen-bond donors (Lipinski definition) is 0. The highest BCUT2D eigenvalue weighted by Crippen LogP contribution is 2.30. The summed E-state index contributed by atoms with van der Waals surface area (Å²) in [5, 5.41) is 0.128. The van der Waals surface area contributed by atoms with Crippen molar-refractivity contribution in [3.63, 3.8) is 0 Å². The molecule has 5 nitrogen and oxygen atoms in total. The van der Waals surface area contributed by atoms with Crippen molar-refractivity contribution in [2.24, 2.45) is 0 Å². The van der Waals surface area contributed by atoms with Crippen LogP contribution >= 0.6 is 11.6 Å². The lowest BCUT2D eigenvalue weighted by Crippen LogP contribution is -2.61. The minimum atomic E-state index is -4.53. The molecule has 0 N–H and O–H groups in total. The standard InChI is InChI=1S/C12H11Cl2F3NO4/c1-18(8-22-14(19,20)21)7-6-11(13)9-2-4-10(5-3-9)12(15,16)17/h2-7H,8H2,1H3/q+1. The lowest BCUT2D eigenvalue weighted by molar-refractivity contribution is -1.92. The summed E-state index contributed by atoms with van der Waals surface area (Å²) in [4.78, 5) is 0. The Morgan fingerprint density at radius 3 is 2.27 bits per heavy atom. The normalized spacial score (nSPS) is 14.4. The van der Waals surface area contributed by atoms with Gasteiger partial charge in [0.1, 0.15) is 11.3 Å². The van der Waals surface area contributed by atoms with E-state index in [1.165, 1.54) is 36.0 Å². The molecule has 0 radical (unpaired) electrons. The van der Waals surface area contributed by atoms with E-state index in [9.17, 15) is 27.1 Å². The first kappa shape index (κ1) is 18.9. The molecule has 0 aliphatic rings. The minimum absolute atomic E-state index is 0.128. The van der Waals surface area contributed by atoms with Gasteiger partial charge >= 0.3 is 12.9 Å². The summed E-state index contributed by atoms with van der Waals surface area (Å²) < 4.78 is 73.1. The minimum Gasteiger partial charge on any atom is -0.201 e. The summed E-state index contributed by atoms with van der Waals surface area (Å²) in [5.41, 5.74) is -0.454. The Hall–Kier alpha value is -1.16. The van der Waals surface area contributed by atoms with Crippen molar-refractivity contribution in [2.75, 3.05) is 13.8 Å². The monoisotopic (exact) mass is 360 g/mol. The van der Waals surface area contributed by atoms with E-state index < -0.39 is 28.7 Å². The summed E-state index contributed by atoms with van der Waals surface area (Å²) in [6.45, 7) is -0.527. The molecule has 0 saturated carbocycles. The van der Waals surface area contributed by atoms with Crippen LogP contribution < -0.4 is 14.0 Å². The molecule has 0 unspecified atom stereocenters. The van der Waals surface area contributed by atoms with Gasteiger partial charge in [0.15, 0.2) is 6.21 Å². The topological polar surface area (TPSA) is 81.4 Å². The van der Waals surface area contributed by atoms with Gasteiger partial charge in [-0.15, -0.1) is 0 Å². The predicted molar refractivity (Wildman–Crippen MR) is 63.5 cm³/mol. The van der Waals surface area contributed by atoms with Gasteiger partial charge in [-0.1, -0.05) is 23.7 Å². The molecule has 1 aromatic carbocycles. The van der Waals surface area contributed by atoms with Crippen LogP contribution in [0, 0.1) is 10.2 Å². The summed E-state index contributed by atoms with van der Waals surface area (Å²) in [5.74, 6) is 0. The summed E-state index contributed by atoms with van der Waals surface area (Å²) in [7, 11) is -3.12. The second-order valence-electron chi connectivity index (χ2n) is 4.11. The second kappa shape index (κ2) is 7.40. The second-order valence-corrected chi connectivity index (χ2v) is 5.49. The fourth-order valence-corrected chi connectivity index (χ4v) is 1.74. The van der Waals surface area contributed by atoms with Gasteiger partial charge in [-0.05, 0) is 17.7 Å². The zero-order valence-corrected chi connectivity index (χ0v) is 12.7. The number of halogens is 5. The van der Waals surface area contributed by atoms with Gasteiger partial charge in [-0.3, -0.25) is 0 Å². The molecule has 1 rings (SSSR count). The molecule has 0 saturated heterocycles. The number of alkyl halides is 3. The fourth-order valence-electron chi connectivity index (χ4n) is 1.29. The molecule has 0 atom stereocenters. The van der Waals surface area contributed by atoms with E-state index in [0.29, 0.717) is 5.56 Å². The Balaban J connectivity index is 2.76. The molecule has 0 heterocycles. The van der Waals surface area contributed by atoms with E-state index in [0.717, 1.165) is 12.1 Å². The third-order valence-electron chi connectivity index (χ3n) is 2.35. The average molecular weight is 361 g/mol. The number of hydrogen-bond acceptors (Lipinski definition) is 4. The molecule has 0 spiro atoms. The lowest BCUT2D eigenvalue weighted by Gasteiger charge is -2.10. The van der Waals surface area contributed by atoms with Crippen LogP contribution in [0.2, 0.25) is 0 Å². The van der Waals surface area contributed by atoms with E-state index in [1.807, 2.05) is 0 Å². The summed E-state index contributed by atoms with van der Waals surface area (Å²) in [6, 6.07) is 4.18. The number of benzene rings is 1. The van der Waals surface area contributed by atoms with Crippen LogP contribution in [0.25, 0.3) is 5.03 Å². The Kier molecular flexibility index (Phi) is 6.36. The van der Waals surface area contributed by atoms with E-state index in [2.05, 4.69) is 4.29 Å². The molecule has 0 aromatic heterocycles. The first-order valence-corrected chi connectivity index (χ1v) is 7.24. The molecule has 0 aliphatic heterocycles. The smallest absolute Gasteiger partial charge is 0.201 e. The Labute approximate surface area is 131 Å². The maximum atomic E-state index is 12.4. The zero-order valence-electron chi connectivity index (χ0n) is 11.1. The molecule has 122 valence electrons. The van der Waals surface area contributed by atoms with Gasteiger partial charge in [0.05, 0.1) is 20.8 Å². The van der Waals surface area contributed by atoms with Crippen molar-refractivity contribution in [3.05, 3.63) is 41.5 Å². The Morgan fingerprint density at radius 2 is 1.82 bits per heavy atom. The van der Waals surface area contributed by atoms with Crippen LogP contribution in [-0.4, -0.2) is 24.6 Å². The van der Waals surface area contributed by atoms with Crippen molar-refractivity contribution in [1.29, 1.82) is 0 Å². The van der Waals surface area contributed by atoms with Crippen LogP contribution in [-0.2, 0) is 10.5 Å². The molecule has 1 aromatic rings. The van der Waals surface area contributed by atoms with E-state index in [-0.39, 0.29) is 5.03 Å². The van der Waals surface area contributed by atoms with Crippen molar-refractivity contribution in [1.82, 2.24) is 0 Å². The van der Waals surface area contributed by atoms with Crippen molar-refractivity contribution >= 4 is 22.8 Å². The average Bonchev–Trinajstić information content (AvgIpc) is 2.41. The molecule has 22 heavy (non-hydrogen) atoms. The fraction of sp³-hybridized carbons (Fsp3) is 0.250. The van der Waals surface area contributed by atoms with Gasteiger partial charge in [-0.25, -0.2) is 4.58 Å². The van der Waals surface area contributed by atoms with Crippen LogP contribution in [0.3, 0.4) is 0 Å². The van der Waals surface area contributed by atoms with E-state index in [4.69, 9.17) is 11.6 Å². The quantitative estimate of drug-likeness (QED) is 0.416. The van der Waals surface area contributed by atoms with Crippen molar-refractivity contribution < 1.29 is 46.3 Å². The Bertz CT molecular complexity index is 565. The van der Waals surface area contributed by atoms with E-state index in [1.54, 1.807) is 0 Å². The molecule has 0 fully saturated rings. The molecule has 0 aliphatic carbocycles. The molecular weight excluding hydrogens is 350 g/mol. The highest BCUT2D eigenvalue weighted by Gasteiger charge is 2.30.